The standard InChI is InChI=1S/C25H27FN6O4S2/c1-15-5-10-23(37-15)38(35,36)30-25(34)29-18-7-9-22(20(26)13-18)32-16(2)28-21-14-17(27-11-12-31(3)4)6-8-19(21)24(32)33/h5-10,13-14,27H,11-12H2,1-4H3,(H2,29,30,34). The minimum absolute atomic E-state index is 0.00852. The van der Waals surface area contributed by atoms with Crippen LogP contribution in [0.4, 0.5) is 20.6 Å². The second-order valence-corrected chi connectivity index (χ2v) is 12.0. The summed E-state index contributed by atoms with van der Waals surface area (Å²) in [7, 11) is -0.111. The van der Waals surface area contributed by atoms with Crippen molar-refractivity contribution >= 4 is 49.7 Å². The van der Waals surface area contributed by atoms with Crippen LogP contribution in [0.15, 0.2) is 57.5 Å². The summed E-state index contributed by atoms with van der Waals surface area (Å²) in [5.41, 5.74) is 0.814. The van der Waals surface area contributed by atoms with Gasteiger partial charge in [0.15, 0.2) is 0 Å². The van der Waals surface area contributed by atoms with Gasteiger partial charge in [-0.3, -0.25) is 9.36 Å². The molecule has 2 heterocycles. The maximum absolute atomic E-state index is 15.1. The van der Waals surface area contributed by atoms with Gasteiger partial charge in [0.25, 0.3) is 15.6 Å². The van der Waals surface area contributed by atoms with E-state index in [4.69, 9.17) is 0 Å². The highest BCUT2D eigenvalue weighted by Crippen LogP contribution is 2.22. The van der Waals surface area contributed by atoms with Crippen molar-refractivity contribution in [1.29, 1.82) is 0 Å². The van der Waals surface area contributed by atoms with Crippen LogP contribution >= 0.6 is 11.3 Å². The van der Waals surface area contributed by atoms with Crippen molar-refractivity contribution in [1.82, 2.24) is 19.2 Å². The predicted octanol–water partition coefficient (Wildman–Crippen LogP) is 3.69. The summed E-state index contributed by atoms with van der Waals surface area (Å²) in [5.74, 6) is -0.518. The van der Waals surface area contributed by atoms with Crippen molar-refractivity contribution in [2.75, 3.05) is 37.8 Å². The minimum atomic E-state index is -4.06. The number of anilines is 2. The molecule has 0 aliphatic rings. The minimum Gasteiger partial charge on any atom is -0.384 e. The van der Waals surface area contributed by atoms with Crippen molar-refractivity contribution in [3.05, 3.63) is 75.4 Å². The fourth-order valence-corrected chi connectivity index (χ4v) is 5.96. The second kappa shape index (κ2) is 10.9. The van der Waals surface area contributed by atoms with Gasteiger partial charge in [-0.1, -0.05) is 0 Å². The molecule has 0 fully saturated rings. The Bertz CT molecular complexity index is 1680. The van der Waals surface area contributed by atoms with Gasteiger partial charge in [0.1, 0.15) is 15.9 Å². The molecule has 0 unspecified atom stereocenters. The first-order valence-electron chi connectivity index (χ1n) is 11.6. The largest absolute Gasteiger partial charge is 0.384 e. The fraction of sp³-hybridized carbons (Fsp3) is 0.240. The zero-order valence-electron chi connectivity index (χ0n) is 21.2. The first-order chi connectivity index (χ1) is 17.9. The number of nitrogens with zero attached hydrogens (tertiary/aromatic N) is 3. The van der Waals surface area contributed by atoms with E-state index in [0.717, 1.165) is 45.6 Å². The number of aryl methyl sites for hydroxylation is 2. The molecule has 0 radical (unpaired) electrons. The van der Waals surface area contributed by atoms with Crippen LogP contribution in [-0.2, 0) is 10.0 Å². The van der Waals surface area contributed by atoms with E-state index in [-0.39, 0.29) is 21.4 Å². The maximum atomic E-state index is 15.1. The van der Waals surface area contributed by atoms with Crippen LogP contribution in [-0.4, -0.2) is 56.1 Å². The number of hydrogen-bond donors (Lipinski definition) is 3. The third kappa shape index (κ3) is 6.01. The maximum Gasteiger partial charge on any atom is 0.333 e. The molecule has 13 heteroatoms. The zero-order chi connectivity index (χ0) is 27.6. The average Bonchev–Trinajstić information content (AvgIpc) is 3.27. The molecule has 200 valence electrons. The Morgan fingerprint density at radius 1 is 1.08 bits per heavy atom. The van der Waals surface area contributed by atoms with Gasteiger partial charge >= 0.3 is 6.03 Å². The number of carbonyl (C=O) groups excluding carboxylic acids is 1. The molecule has 0 saturated carbocycles. The van der Waals surface area contributed by atoms with Gasteiger partial charge in [-0.15, -0.1) is 11.3 Å². The Hall–Kier alpha value is -3.81. The van der Waals surface area contributed by atoms with Gasteiger partial charge in [0, 0.05) is 29.3 Å². The number of hydrogen-bond acceptors (Lipinski definition) is 8. The van der Waals surface area contributed by atoms with Crippen LogP contribution in [0, 0.1) is 19.7 Å². The van der Waals surface area contributed by atoms with Gasteiger partial charge in [0.2, 0.25) is 0 Å². The topological polar surface area (TPSA) is 125 Å². The predicted molar refractivity (Wildman–Crippen MR) is 147 cm³/mol. The first kappa shape index (κ1) is 27.2. The third-order valence-electron chi connectivity index (χ3n) is 5.58. The molecule has 0 aliphatic heterocycles. The Morgan fingerprint density at radius 3 is 2.47 bits per heavy atom. The number of sulfonamides is 1. The van der Waals surface area contributed by atoms with E-state index in [2.05, 4.69) is 15.6 Å². The lowest BCUT2D eigenvalue weighted by Crippen LogP contribution is -2.34. The van der Waals surface area contributed by atoms with E-state index in [1.54, 1.807) is 38.1 Å². The summed E-state index contributed by atoms with van der Waals surface area (Å²) in [6, 6.07) is 10.9. The van der Waals surface area contributed by atoms with Crippen LogP contribution in [0.5, 0.6) is 0 Å². The third-order valence-corrected chi connectivity index (χ3v) is 8.40. The molecular formula is C25H27FN6O4S2. The SMILES string of the molecule is Cc1ccc(S(=O)(=O)NC(=O)Nc2ccc(-n3c(C)nc4cc(NCCN(C)C)ccc4c3=O)c(F)c2)s1. The van der Waals surface area contributed by atoms with Gasteiger partial charge in [-0.2, -0.15) is 0 Å². The molecule has 2 amide bonds. The van der Waals surface area contributed by atoms with E-state index < -0.39 is 27.4 Å². The quantitative estimate of drug-likeness (QED) is 0.301. The van der Waals surface area contributed by atoms with Crippen molar-refractivity contribution in [3.8, 4) is 5.69 Å². The molecule has 0 saturated heterocycles. The molecule has 2 aromatic heterocycles. The number of benzene rings is 2. The van der Waals surface area contributed by atoms with E-state index in [1.807, 2.05) is 23.7 Å². The molecule has 0 spiro atoms. The number of fused-ring (bicyclic) bond motifs is 1. The van der Waals surface area contributed by atoms with E-state index in [1.165, 1.54) is 18.2 Å². The first-order valence-corrected chi connectivity index (χ1v) is 13.9. The van der Waals surface area contributed by atoms with Gasteiger partial charge in [0.05, 0.1) is 16.6 Å². The van der Waals surface area contributed by atoms with Crippen molar-refractivity contribution in [3.63, 3.8) is 0 Å². The summed E-state index contributed by atoms with van der Waals surface area (Å²) in [6.45, 7) is 4.90. The number of nitrogens with one attached hydrogen (secondary N) is 3. The molecule has 2 aromatic carbocycles. The van der Waals surface area contributed by atoms with E-state index in [0.29, 0.717) is 10.9 Å². The summed E-state index contributed by atoms with van der Waals surface area (Å²) in [4.78, 5) is 32.8. The molecule has 3 N–H and O–H groups in total. The summed E-state index contributed by atoms with van der Waals surface area (Å²) < 4.78 is 42.9. The number of urea groups is 1. The van der Waals surface area contributed by atoms with Crippen LogP contribution in [0.2, 0.25) is 0 Å². The van der Waals surface area contributed by atoms with Crippen LogP contribution in [0.25, 0.3) is 16.6 Å². The highest BCUT2D eigenvalue weighted by Gasteiger charge is 2.20. The molecule has 0 bridgehead atoms. The molecular weight excluding hydrogens is 531 g/mol. The molecule has 0 aliphatic carbocycles. The lowest BCUT2D eigenvalue weighted by Gasteiger charge is -2.14. The molecule has 4 rings (SSSR count). The Balaban J connectivity index is 1.55. The molecule has 38 heavy (non-hydrogen) atoms. The summed E-state index contributed by atoms with van der Waals surface area (Å²) in [5, 5.41) is 5.91. The number of amides is 2. The molecule has 4 aromatic rings. The van der Waals surface area contributed by atoms with Gasteiger partial charge < -0.3 is 15.5 Å². The highest BCUT2D eigenvalue weighted by atomic mass is 32.2. The number of thiophene rings is 1. The van der Waals surface area contributed by atoms with Gasteiger partial charge in [-0.25, -0.2) is 27.3 Å². The lowest BCUT2D eigenvalue weighted by atomic mass is 10.2. The van der Waals surface area contributed by atoms with Crippen LogP contribution in [0.1, 0.15) is 10.7 Å². The molecule has 10 nitrogen and oxygen atoms in total. The van der Waals surface area contributed by atoms with Gasteiger partial charge in [-0.05, 0) is 76.5 Å². The van der Waals surface area contributed by atoms with E-state index >= 15 is 4.39 Å². The van der Waals surface area contributed by atoms with Crippen molar-refractivity contribution in [2.24, 2.45) is 0 Å². The van der Waals surface area contributed by atoms with Crippen LogP contribution < -0.4 is 20.9 Å². The summed E-state index contributed by atoms with van der Waals surface area (Å²) in [6.07, 6.45) is 0. The Morgan fingerprint density at radius 2 is 1.82 bits per heavy atom. The fourth-order valence-electron chi connectivity index (χ4n) is 3.77. The summed E-state index contributed by atoms with van der Waals surface area (Å²) >= 11 is 1.02. The van der Waals surface area contributed by atoms with Crippen molar-refractivity contribution in [2.45, 2.75) is 18.1 Å². The Labute approximate surface area is 223 Å². The highest BCUT2D eigenvalue weighted by molar-refractivity contribution is 7.92. The number of aromatic nitrogens is 2. The lowest BCUT2D eigenvalue weighted by molar-refractivity contribution is 0.256. The number of carbonyl (C=O) groups is 1. The second-order valence-electron chi connectivity index (χ2n) is 8.85. The normalized spacial score (nSPS) is 11.6. The monoisotopic (exact) mass is 558 g/mol. The van der Waals surface area contributed by atoms with E-state index in [9.17, 15) is 18.0 Å². The zero-order valence-corrected chi connectivity index (χ0v) is 22.8. The smallest absolute Gasteiger partial charge is 0.333 e. The number of likely N-dealkylation sites (N-methyl/N-ethyl adjacent to an activating group) is 1. The molecule has 0 atom stereocenters. The van der Waals surface area contributed by atoms with Crippen molar-refractivity contribution < 1.29 is 17.6 Å². The van der Waals surface area contributed by atoms with Crippen LogP contribution in [0.3, 0.4) is 0 Å². The average molecular weight is 559 g/mol. The number of rotatable bonds is 8. The number of halogens is 1. The Kier molecular flexibility index (Phi) is 7.81.